The average Bonchev–Trinajstić information content (AvgIpc) is 3.45. The molecule has 36 heavy (non-hydrogen) atoms. The standard InChI is InChI=1S/C27H27N5O3S/c1-36(34,35)21-11-13-31(14-12-21)17-18-7-9-19(10-8-18)23-15-22-25-24(16-28-26(22)29-23)30-27(33)32(25)20-5-3-2-4-6-20/h2-10,15-16,21H,11-14,17H2,1H3,(H,28,29)(H,30,33). The zero-order valence-electron chi connectivity index (χ0n) is 19.9. The van der Waals surface area contributed by atoms with E-state index in [4.69, 9.17) is 0 Å². The molecule has 0 saturated carbocycles. The van der Waals surface area contributed by atoms with Crippen molar-refractivity contribution in [1.82, 2.24) is 24.4 Å². The number of imidazole rings is 1. The van der Waals surface area contributed by atoms with Gasteiger partial charge in [0.2, 0.25) is 0 Å². The zero-order chi connectivity index (χ0) is 24.9. The zero-order valence-corrected chi connectivity index (χ0v) is 20.8. The molecule has 4 heterocycles. The highest BCUT2D eigenvalue weighted by molar-refractivity contribution is 7.91. The molecule has 0 spiro atoms. The summed E-state index contributed by atoms with van der Waals surface area (Å²) < 4.78 is 25.3. The van der Waals surface area contributed by atoms with E-state index in [9.17, 15) is 13.2 Å². The largest absolute Gasteiger partial charge is 0.339 e. The van der Waals surface area contributed by atoms with Crippen LogP contribution in [0.5, 0.6) is 0 Å². The van der Waals surface area contributed by atoms with E-state index >= 15 is 0 Å². The molecule has 0 radical (unpaired) electrons. The SMILES string of the molecule is CS(=O)(=O)C1CCN(Cc2ccc(-c3cc4c(ncc5[nH]c(=O)n(-c6ccccc6)c54)[nH]3)cc2)CC1. The van der Waals surface area contributed by atoms with Crippen molar-refractivity contribution in [1.29, 1.82) is 0 Å². The second kappa shape index (κ2) is 8.76. The molecule has 1 fully saturated rings. The summed E-state index contributed by atoms with van der Waals surface area (Å²) in [5.74, 6) is 0. The van der Waals surface area contributed by atoms with Crippen LogP contribution in [0.3, 0.4) is 0 Å². The summed E-state index contributed by atoms with van der Waals surface area (Å²) in [6, 6.07) is 20.0. The lowest BCUT2D eigenvalue weighted by Crippen LogP contribution is -2.38. The fourth-order valence-corrected chi connectivity index (χ4v) is 6.26. The molecule has 184 valence electrons. The summed E-state index contributed by atoms with van der Waals surface area (Å²) in [5.41, 5.74) is 5.97. The van der Waals surface area contributed by atoms with Gasteiger partial charge in [-0.25, -0.2) is 18.2 Å². The first-order chi connectivity index (χ1) is 17.4. The molecule has 0 amide bonds. The van der Waals surface area contributed by atoms with Crippen LogP contribution >= 0.6 is 0 Å². The maximum atomic E-state index is 12.8. The average molecular weight is 502 g/mol. The molecule has 0 unspecified atom stereocenters. The summed E-state index contributed by atoms with van der Waals surface area (Å²) in [6.45, 7) is 2.39. The van der Waals surface area contributed by atoms with Gasteiger partial charge in [0.15, 0.2) is 0 Å². The van der Waals surface area contributed by atoms with E-state index in [0.29, 0.717) is 18.4 Å². The summed E-state index contributed by atoms with van der Waals surface area (Å²) in [7, 11) is -2.96. The number of nitrogens with one attached hydrogen (secondary N) is 2. The normalized spacial score (nSPS) is 15.7. The molecule has 9 heteroatoms. The lowest BCUT2D eigenvalue weighted by Gasteiger charge is -2.31. The highest BCUT2D eigenvalue weighted by Crippen LogP contribution is 2.29. The Morgan fingerprint density at radius 2 is 1.72 bits per heavy atom. The van der Waals surface area contributed by atoms with Gasteiger partial charge in [0, 0.05) is 23.9 Å². The Balaban J connectivity index is 1.28. The summed E-state index contributed by atoms with van der Waals surface area (Å²) >= 11 is 0. The number of pyridine rings is 1. The summed E-state index contributed by atoms with van der Waals surface area (Å²) in [5, 5.41) is 0.666. The number of para-hydroxylation sites is 1. The number of likely N-dealkylation sites (tertiary alicyclic amines) is 1. The Hall–Kier alpha value is -3.69. The maximum absolute atomic E-state index is 12.8. The molecule has 8 nitrogen and oxygen atoms in total. The van der Waals surface area contributed by atoms with Gasteiger partial charge in [-0.1, -0.05) is 42.5 Å². The molecule has 0 atom stereocenters. The van der Waals surface area contributed by atoms with Crippen LogP contribution in [0.25, 0.3) is 39.0 Å². The first-order valence-corrected chi connectivity index (χ1v) is 14.0. The number of sulfone groups is 1. The lowest BCUT2D eigenvalue weighted by atomic mass is 10.1. The third-order valence-electron chi connectivity index (χ3n) is 7.12. The second-order valence-electron chi connectivity index (χ2n) is 9.57. The first-order valence-electron chi connectivity index (χ1n) is 12.1. The van der Waals surface area contributed by atoms with Crippen LogP contribution in [0.4, 0.5) is 0 Å². The number of benzene rings is 2. The molecule has 5 aromatic rings. The smallest absolute Gasteiger partial charge is 0.331 e. The molecule has 1 aliphatic rings. The minimum Gasteiger partial charge on any atom is -0.339 e. The number of H-pyrrole nitrogens is 2. The van der Waals surface area contributed by atoms with Crippen molar-refractivity contribution in [2.45, 2.75) is 24.6 Å². The molecule has 2 aromatic carbocycles. The number of aromatic nitrogens is 4. The molecular weight excluding hydrogens is 474 g/mol. The van der Waals surface area contributed by atoms with Crippen LogP contribution in [-0.2, 0) is 16.4 Å². The molecule has 1 saturated heterocycles. The van der Waals surface area contributed by atoms with E-state index < -0.39 is 9.84 Å². The van der Waals surface area contributed by atoms with Crippen LogP contribution in [0.2, 0.25) is 0 Å². The summed E-state index contributed by atoms with van der Waals surface area (Å²) in [6.07, 6.45) is 4.42. The van der Waals surface area contributed by atoms with Crippen LogP contribution < -0.4 is 5.69 Å². The molecule has 0 aliphatic carbocycles. The minimum absolute atomic E-state index is 0.196. The van der Waals surface area contributed by atoms with Crippen molar-refractivity contribution in [2.75, 3.05) is 19.3 Å². The second-order valence-corrected chi connectivity index (χ2v) is 11.9. The van der Waals surface area contributed by atoms with Crippen LogP contribution in [-0.4, -0.2) is 57.4 Å². The van der Waals surface area contributed by atoms with Crippen LogP contribution in [0, 0.1) is 0 Å². The van der Waals surface area contributed by atoms with Gasteiger partial charge in [-0.15, -0.1) is 0 Å². The van der Waals surface area contributed by atoms with Gasteiger partial charge in [-0.2, -0.15) is 0 Å². The Bertz CT molecular complexity index is 1710. The number of hydrogen-bond acceptors (Lipinski definition) is 5. The highest BCUT2D eigenvalue weighted by atomic mass is 32.2. The van der Waals surface area contributed by atoms with Gasteiger partial charge in [0.25, 0.3) is 0 Å². The van der Waals surface area contributed by atoms with E-state index in [1.807, 2.05) is 36.4 Å². The van der Waals surface area contributed by atoms with E-state index in [1.54, 1.807) is 10.8 Å². The minimum atomic E-state index is -2.96. The predicted molar refractivity (Wildman–Crippen MR) is 142 cm³/mol. The fourth-order valence-electron chi connectivity index (χ4n) is 5.19. The molecule has 3 aromatic heterocycles. The van der Waals surface area contributed by atoms with Gasteiger partial charge < -0.3 is 9.97 Å². The Morgan fingerprint density at radius 3 is 2.42 bits per heavy atom. The van der Waals surface area contributed by atoms with Crippen molar-refractivity contribution in [2.24, 2.45) is 0 Å². The Morgan fingerprint density at radius 1 is 1.00 bits per heavy atom. The van der Waals surface area contributed by atoms with Gasteiger partial charge in [-0.3, -0.25) is 9.47 Å². The van der Waals surface area contributed by atoms with Crippen molar-refractivity contribution in [3.63, 3.8) is 0 Å². The van der Waals surface area contributed by atoms with E-state index in [1.165, 1.54) is 11.8 Å². The third kappa shape index (κ3) is 4.14. The first kappa shape index (κ1) is 22.8. The molecule has 6 rings (SSSR count). The fraction of sp³-hybridized carbons (Fsp3) is 0.259. The number of hydrogen-bond donors (Lipinski definition) is 2. The lowest BCUT2D eigenvalue weighted by molar-refractivity contribution is 0.222. The van der Waals surface area contributed by atoms with Crippen molar-refractivity contribution in [3.05, 3.63) is 82.9 Å². The number of aromatic amines is 2. The van der Waals surface area contributed by atoms with Gasteiger partial charge >= 0.3 is 5.69 Å². The van der Waals surface area contributed by atoms with Crippen molar-refractivity contribution < 1.29 is 8.42 Å². The molecule has 0 bridgehead atoms. The Kier molecular flexibility index (Phi) is 5.54. The number of rotatable bonds is 5. The van der Waals surface area contributed by atoms with Crippen molar-refractivity contribution in [3.8, 4) is 16.9 Å². The predicted octanol–water partition coefficient (Wildman–Crippen LogP) is 3.87. The van der Waals surface area contributed by atoms with Gasteiger partial charge in [0.1, 0.15) is 15.5 Å². The Labute approximate surface area is 208 Å². The highest BCUT2D eigenvalue weighted by Gasteiger charge is 2.26. The van der Waals surface area contributed by atoms with Gasteiger partial charge in [-0.05, 0) is 55.3 Å². The molecule has 2 N–H and O–H groups in total. The summed E-state index contributed by atoms with van der Waals surface area (Å²) in [4.78, 5) is 25.9. The van der Waals surface area contributed by atoms with Crippen LogP contribution in [0.1, 0.15) is 18.4 Å². The quantitative estimate of drug-likeness (QED) is 0.381. The monoisotopic (exact) mass is 501 g/mol. The maximum Gasteiger partial charge on any atom is 0.331 e. The number of fused-ring (bicyclic) bond motifs is 3. The van der Waals surface area contributed by atoms with Crippen molar-refractivity contribution >= 4 is 31.9 Å². The number of piperidine rings is 1. The number of nitrogens with zero attached hydrogens (tertiary/aromatic N) is 3. The third-order valence-corrected chi connectivity index (χ3v) is 8.81. The van der Waals surface area contributed by atoms with E-state index in [2.05, 4.69) is 44.1 Å². The van der Waals surface area contributed by atoms with Gasteiger partial charge in [0.05, 0.1) is 28.2 Å². The van der Waals surface area contributed by atoms with E-state index in [-0.39, 0.29) is 10.9 Å². The van der Waals surface area contributed by atoms with E-state index in [0.717, 1.165) is 53.1 Å². The molecular formula is C27H27N5O3S. The topological polar surface area (TPSA) is 104 Å². The van der Waals surface area contributed by atoms with Crippen LogP contribution in [0.15, 0.2) is 71.7 Å². The molecule has 1 aliphatic heterocycles.